The van der Waals surface area contributed by atoms with Gasteiger partial charge in [-0.1, -0.05) is 12.1 Å². The predicted octanol–water partition coefficient (Wildman–Crippen LogP) is 1.97. The Morgan fingerprint density at radius 2 is 2.26 bits per heavy atom. The highest BCUT2D eigenvalue weighted by Crippen LogP contribution is 2.46. The quantitative estimate of drug-likeness (QED) is 0.655. The highest BCUT2D eigenvalue weighted by molar-refractivity contribution is 7.12. The Bertz CT molecular complexity index is 909. The van der Waals surface area contributed by atoms with E-state index in [1.807, 2.05) is 22.2 Å². The SMILES string of the molecule is CCc1cc2c(s1)CCO[C@@]21CCN(Cc2cn(C3(NCO)CCOC3)nn2)[C@@H](C)C1. The van der Waals surface area contributed by atoms with Crippen molar-refractivity contribution in [1.82, 2.24) is 25.2 Å². The molecule has 0 bridgehead atoms. The van der Waals surface area contributed by atoms with E-state index >= 15 is 0 Å². The highest BCUT2D eigenvalue weighted by atomic mass is 32.1. The van der Waals surface area contributed by atoms with Crippen LogP contribution in [0, 0.1) is 0 Å². The third kappa shape index (κ3) is 3.85. The molecule has 2 N–H and O–H groups in total. The molecule has 0 saturated carbocycles. The van der Waals surface area contributed by atoms with Crippen LogP contribution in [0.25, 0.3) is 0 Å². The summed E-state index contributed by atoms with van der Waals surface area (Å²) in [6.07, 6.45) is 6.94. The molecule has 2 saturated heterocycles. The first-order valence-electron chi connectivity index (χ1n) is 11.4. The molecule has 31 heavy (non-hydrogen) atoms. The molecule has 9 heteroatoms. The van der Waals surface area contributed by atoms with E-state index in [0.717, 1.165) is 57.5 Å². The third-order valence-corrected chi connectivity index (χ3v) is 8.55. The molecule has 5 heterocycles. The number of hydrogen-bond acceptors (Lipinski definition) is 8. The van der Waals surface area contributed by atoms with Gasteiger partial charge in [0.2, 0.25) is 0 Å². The number of nitrogens with one attached hydrogen (secondary N) is 1. The topological polar surface area (TPSA) is 84.7 Å². The Kier molecular flexibility index (Phi) is 5.91. The number of hydrogen-bond donors (Lipinski definition) is 2. The van der Waals surface area contributed by atoms with Gasteiger partial charge in [0.25, 0.3) is 0 Å². The van der Waals surface area contributed by atoms with Crippen LogP contribution in [0.1, 0.15) is 54.1 Å². The second kappa shape index (κ2) is 8.53. The van der Waals surface area contributed by atoms with E-state index < -0.39 is 5.66 Å². The van der Waals surface area contributed by atoms with Crippen molar-refractivity contribution in [2.75, 3.05) is 33.1 Å². The van der Waals surface area contributed by atoms with Crippen LogP contribution >= 0.6 is 11.3 Å². The van der Waals surface area contributed by atoms with Gasteiger partial charge in [0.1, 0.15) is 5.66 Å². The van der Waals surface area contributed by atoms with Crippen molar-refractivity contribution >= 4 is 11.3 Å². The van der Waals surface area contributed by atoms with Gasteiger partial charge in [-0.15, -0.1) is 16.4 Å². The number of piperidine rings is 1. The van der Waals surface area contributed by atoms with Crippen molar-refractivity contribution in [2.24, 2.45) is 0 Å². The summed E-state index contributed by atoms with van der Waals surface area (Å²) in [6, 6.07) is 2.80. The Morgan fingerprint density at radius 3 is 3.00 bits per heavy atom. The van der Waals surface area contributed by atoms with Gasteiger partial charge in [-0.2, -0.15) is 0 Å². The third-order valence-electron chi connectivity index (χ3n) is 7.21. The summed E-state index contributed by atoms with van der Waals surface area (Å²) in [6.45, 7) is 8.14. The molecule has 0 amide bonds. The van der Waals surface area contributed by atoms with Gasteiger partial charge >= 0.3 is 0 Å². The zero-order chi connectivity index (χ0) is 21.5. The summed E-state index contributed by atoms with van der Waals surface area (Å²) in [5.41, 5.74) is 1.78. The number of aliphatic hydroxyl groups excluding tert-OH is 1. The van der Waals surface area contributed by atoms with Gasteiger partial charge in [0.15, 0.2) is 0 Å². The number of likely N-dealkylation sites (tertiary alicyclic amines) is 1. The summed E-state index contributed by atoms with van der Waals surface area (Å²) >= 11 is 1.98. The molecule has 0 aromatic carbocycles. The molecule has 0 aliphatic carbocycles. The lowest BCUT2D eigenvalue weighted by atomic mass is 9.79. The maximum Gasteiger partial charge on any atom is 0.141 e. The number of nitrogens with zero attached hydrogens (tertiary/aromatic N) is 4. The van der Waals surface area contributed by atoms with Crippen LogP contribution < -0.4 is 5.32 Å². The van der Waals surface area contributed by atoms with Crippen molar-refractivity contribution in [1.29, 1.82) is 0 Å². The molecule has 5 rings (SSSR count). The van der Waals surface area contributed by atoms with E-state index in [1.54, 1.807) is 0 Å². The minimum absolute atomic E-state index is 0.117. The van der Waals surface area contributed by atoms with E-state index in [1.165, 1.54) is 15.3 Å². The Labute approximate surface area is 187 Å². The van der Waals surface area contributed by atoms with Crippen molar-refractivity contribution in [3.8, 4) is 0 Å². The maximum absolute atomic E-state index is 9.42. The monoisotopic (exact) mass is 447 g/mol. The fourth-order valence-electron chi connectivity index (χ4n) is 5.40. The molecule has 3 aliphatic rings. The number of aryl methyl sites for hydroxylation is 1. The van der Waals surface area contributed by atoms with E-state index in [2.05, 4.69) is 40.4 Å². The number of fused-ring (bicyclic) bond motifs is 2. The fraction of sp³-hybridized carbons (Fsp3) is 0.727. The van der Waals surface area contributed by atoms with Crippen LogP contribution in [0.15, 0.2) is 12.3 Å². The van der Waals surface area contributed by atoms with E-state index in [4.69, 9.17) is 9.47 Å². The normalized spacial score (nSPS) is 31.4. The number of thiophene rings is 1. The van der Waals surface area contributed by atoms with Crippen LogP contribution in [0.4, 0.5) is 0 Å². The van der Waals surface area contributed by atoms with Gasteiger partial charge < -0.3 is 14.6 Å². The van der Waals surface area contributed by atoms with Crippen molar-refractivity contribution < 1.29 is 14.6 Å². The minimum atomic E-state index is -0.500. The molecule has 3 atom stereocenters. The molecule has 1 spiro atoms. The number of aliphatic hydroxyl groups is 1. The number of ether oxygens (including phenoxy) is 2. The molecule has 8 nitrogen and oxygen atoms in total. The zero-order valence-corrected chi connectivity index (χ0v) is 19.3. The molecule has 2 aromatic rings. The van der Waals surface area contributed by atoms with E-state index in [0.29, 0.717) is 19.3 Å². The molecule has 170 valence electrons. The van der Waals surface area contributed by atoms with Gasteiger partial charge in [0, 0.05) is 41.7 Å². The standard InChI is InChI=1S/C22H33N5O3S/c1-3-18-10-19-20(31-18)4-8-30-21(19)5-7-26(16(2)11-21)12-17-13-27(25-24-17)22(23-15-28)6-9-29-14-22/h10,13,16,23,28H,3-9,11-12,14-15H2,1-2H3/t16-,21+,22?/m0/s1. The highest BCUT2D eigenvalue weighted by Gasteiger charge is 2.44. The first-order valence-corrected chi connectivity index (χ1v) is 12.2. The van der Waals surface area contributed by atoms with Gasteiger partial charge in [-0.25, -0.2) is 4.68 Å². The molecule has 1 unspecified atom stereocenters. The van der Waals surface area contributed by atoms with Crippen molar-refractivity contribution in [3.05, 3.63) is 33.3 Å². The lowest BCUT2D eigenvalue weighted by molar-refractivity contribution is -0.112. The Balaban J connectivity index is 1.29. The lowest BCUT2D eigenvalue weighted by Crippen LogP contribution is -2.50. The number of rotatable bonds is 6. The van der Waals surface area contributed by atoms with Gasteiger partial charge in [-0.3, -0.25) is 10.2 Å². The molecule has 2 aromatic heterocycles. The Hall–Kier alpha value is -1.36. The van der Waals surface area contributed by atoms with Crippen LogP contribution in [0.2, 0.25) is 0 Å². The average molecular weight is 448 g/mol. The average Bonchev–Trinajstić information content (AvgIpc) is 3.51. The van der Waals surface area contributed by atoms with Gasteiger partial charge in [-0.05, 0) is 37.8 Å². The summed E-state index contributed by atoms with van der Waals surface area (Å²) in [7, 11) is 0. The molecule has 0 radical (unpaired) electrons. The van der Waals surface area contributed by atoms with Crippen molar-refractivity contribution in [2.45, 2.75) is 69.8 Å². The largest absolute Gasteiger partial charge is 0.381 e. The minimum Gasteiger partial charge on any atom is -0.381 e. The molecular formula is C22H33N5O3S. The lowest BCUT2D eigenvalue weighted by Gasteiger charge is -2.47. The number of aromatic nitrogens is 3. The van der Waals surface area contributed by atoms with Crippen LogP contribution in [0.3, 0.4) is 0 Å². The Morgan fingerprint density at radius 1 is 1.35 bits per heavy atom. The van der Waals surface area contributed by atoms with Crippen LogP contribution in [-0.2, 0) is 40.1 Å². The first-order chi connectivity index (χ1) is 15.1. The molecule has 3 aliphatic heterocycles. The first kappa shape index (κ1) is 21.5. The fourth-order valence-corrected chi connectivity index (χ4v) is 6.58. The summed E-state index contributed by atoms with van der Waals surface area (Å²) < 4.78 is 13.9. The maximum atomic E-state index is 9.42. The molecular weight excluding hydrogens is 414 g/mol. The van der Waals surface area contributed by atoms with Crippen molar-refractivity contribution in [3.63, 3.8) is 0 Å². The molecule has 2 fully saturated rings. The van der Waals surface area contributed by atoms with Crippen LogP contribution in [0.5, 0.6) is 0 Å². The zero-order valence-electron chi connectivity index (χ0n) is 18.5. The smallest absolute Gasteiger partial charge is 0.141 e. The van der Waals surface area contributed by atoms with Crippen LogP contribution in [-0.4, -0.2) is 64.1 Å². The second-order valence-corrected chi connectivity index (χ2v) is 10.3. The predicted molar refractivity (Wildman–Crippen MR) is 118 cm³/mol. The summed E-state index contributed by atoms with van der Waals surface area (Å²) in [4.78, 5) is 5.50. The summed E-state index contributed by atoms with van der Waals surface area (Å²) in [5.74, 6) is 0. The summed E-state index contributed by atoms with van der Waals surface area (Å²) in [5, 5.41) is 21.3. The van der Waals surface area contributed by atoms with E-state index in [9.17, 15) is 5.11 Å². The van der Waals surface area contributed by atoms with E-state index in [-0.39, 0.29) is 12.3 Å². The van der Waals surface area contributed by atoms with Gasteiger partial charge in [0.05, 0.1) is 44.0 Å². The second-order valence-electron chi connectivity index (χ2n) is 9.09.